The van der Waals surface area contributed by atoms with Gasteiger partial charge in [0.25, 0.3) is 5.91 Å². The highest BCUT2D eigenvalue weighted by molar-refractivity contribution is 14.1. The number of benzene rings is 1. The fourth-order valence-electron chi connectivity index (χ4n) is 1.82. The Hall–Kier alpha value is -1.38. The fourth-order valence-corrected chi connectivity index (χ4v) is 2.54. The van der Waals surface area contributed by atoms with E-state index in [0.29, 0.717) is 9.13 Å². The van der Waals surface area contributed by atoms with E-state index in [2.05, 4.69) is 10.5 Å². The maximum absolute atomic E-state index is 13.0. The van der Waals surface area contributed by atoms with E-state index in [1.54, 1.807) is 0 Å². The second kappa shape index (κ2) is 5.72. The smallest absolute Gasteiger partial charge is 0.252 e. The Kier molecular flexibility index (Phi) is 4.23. The third-order valence-corrected chi connectivity index (χ3v) is 3.88. The number of amides is 1. The number of rotatable bonds is 4. The van der Waals surface area contributed by atoms with E-state index >= 15 is 0 Å². The predicted octanol–water partition coefficient (Wildman–Crippen LogP) is 1.69. The number of amidine groups is 1. The third kappa shape index (κ3) is 3.34. The Labute approximate surface area is 123 Å². The number of nitrogens with zero attached hydrogens (tertiary/aromatic N) is 1. The minimum Gasteiger partial charge on any atom is -0.409 e. The average Bonchev–Trinajstić information content (AvgIpc) is 3.19. The summed E-state index contributed by atoms with van der Waals surface area (Å²) >= 11 is 1.90. The summed E-state index contributed by atoms with van der Waals surface area (Å²) < 4.78 is 13.5. The summed E-state index contributed by atoms with van der Waals surface area (Å²) in [5.74, 6) is -0.546. The first kappa shape index (κ1) is 14.0. The number of carbonyl (C=O) groups excluding carboxylic acids is 1. The second-order valence-electron chi connectivity index (χ2n) is 4.44. The van der Waals surface area contributed by atoms with Crippen molar-refractivity contribution in [1.29, 1.82) is 0 Å². The lowest BCUT2D eigenvalue weighted by Gasteiger charge is -2.17. The van der Waals surface area contributed by atoms with Crippen molar-refractivity contribution in [3.63, 3.8) is 0 Å². The number of hydrogen-bond acceptors (Lipinski definition) is 3. The van der Waals surface area contributed by atoms with Crippen molar-refractivity contribution in [3.8, 4) is 0 Å². The minimum atomic E-state index is -0.474. The SMILES string of the molecule is N/C(=N/O)C(NC(=O)c1ccc(F)cc1I)C1CC1. The number of oxime groups is 1. The van der Waals surface area contributed by atoms with E-state index in [1.165, 1.54) is 18.2 Å². The van der Waals surface area contributed by atoms with Crippen molar-refractivity contribution >= 4 is 34.3 Å². The highest BCUT2D eigenvalue weighted by atomic mass is 127. The molecule has 0 bridgehead atoms. The summed E-state index contributed by atoms with van der Waals surface area (Å²) in [4.78, 5) is 12.1. The Bertz CT molecular complexity index is 532. The third-order valence-electron chi connectivity index (χ3n) is 2.99. The van der Waals surface area contributed by atoms with Crippen LogP contribution in [0.15, 0.2) is 23.4 Å². The molecule has 1 aliphatic rings. The Morgan fingerprint density at radius 1 is 1.58 bits per heavy atom. The maximum Gasteiger partial charge on any atom is 0.252 e. The molecule has 7 heteroatoms. The van der Waals surface area contributed by atoms with Crippen LogP contribution in [0.3, 0.4) is 0 Å². The van der Waals surface area contributed by atoms with Gasteiger partial charge in [-0.2, -0.15) is 0 Å². The zero-order valence-corrected chi connectivity index (χ0v) is 12.1. The van der Waals surface area contributed by atoms with Crippen LogP contribution in [0.25, 0.3) is 0 Å². The minimum absolute atomic E-state index is 0.00651. The van der Waals surface area contributed by atoms with Gasteiger partial charge in [0.05, 0.1) is 11.6 Å². The quantitative estimate of drug-likeness (QED) is 0.245. The van der Waals surface area contributed by atoms with Gasteiger partial charge in [0.15, 0.2) is 5.84 Å². The van der Waals surface area contributed by atoms with Crippen LogP contribution >= 0.6 is 22.6 Å². The molecule has 1 atom stereocenters. The second-order valence-corrected chi connectivity index (χ2v) is 5.60. The molecule has 0 saturated heterocycles. The highest BCUT2D eigenvalue weighted by Crippen LogP contribution is 2.33. The molecule has 5 nitrogen and oxygen atoms in total. The Balaban J connectivity index is 2.15. The monoisotopic (exact) mass is 377 g/mol. The number of nitrogens with one attached hydrogen (secondary N) is 1. The lowest BCUT2D eigenvalue weighted by molar-refractivity contribution is 0.0942. The van der Waals surface area contributed by atoms with Gasteiger partial charge in [-0.25, -0.2) is 4.39 Å². The molecule has 0 heterocycles. The van der Waals surface area contributed by atoms with Crippen LogP contribution < -0.4 is 11.1 Å². The molecule has 0 aliphatic heterocycles. The van der Waals surface area contributed by atoms with Crippen molar-refractivity contribution in [2.75, 3.05) is 0 Å². The molecule has 1 aromatic carbocycles. The van der Waals surface area contributed by atoms with Gasteiger partial charge < -0.3 is 16.3 Å². The van der Waals surface area contributed by atoms with Crippen LogP contribution in [-0.4, -0.2) is 23.0 Å². The molecular weight excluding hydrogens is 364 g/mol. The molecule has 0 spiro atoms. The predicted molar refractivity (Wildman–Crippen MR) is 76.5 cm³/mol. The Morgan fingerprint density at radius 2 is 2.26 bits per heavy atom. The molecule has 4 N–H and O–H groups in total. The molecule has 1 amide bonds. The van der Waals surface area contributed by atoms with Gasteiger partial charge in [-0.3, -0.25) is 4.79 Å². The molecule has 1 unspecified atom stereocenters. The van der Waals surface area contributed by atoms with Gasteiger partial charge in [-0.15, -0.1) is 0 Å². The summed E-state index contributed by atoms with van der Waals surface area (Å²) in [7, 11) is 0. The Morgan fingerprint density at radius 3 is 2.79 bits per heavy atom. The molecular formula is C12H13FIN3O2. The van der Waals surface area contributed by atoms with Crippen molar-refractivity contribution in [3.05, 3.63) is 33.1 Å². The standard InChI is InChI=1S/C12H13FIN3O2/c13-7-3-4-8(9(14)5-7)12(18)16-10(6-1-2-6)11(15)17-19/h3-6,10,19H,1-2H2,(H2,15,17)(H,16,18). The molecule has 102 valence electrons. The van der Waals surface area contributed by atoms with Crippen molar-refractivity contribution in [2.24, 2.45) is 16.8 Å². The summed E-state index contributed by atoms with van der Waals surface area (Å²) in [6.45, 7) is 0. The first-order valence-corrected chi connectivity index (χ1v) is 6.84. The number of hydrogen-bond donors (Lipinski definition) is 3. The van der Waals surface area contributed by atoms with Crippen molar-refractivity contribution in [2.45, 2.75) is 18.9 Å². The molecule has 0 radical (unpaired) electrons. The zero-order valence-electron chi connectivity index (χ0n) is 9.94. The van der Waals surface area contributed by atoms with E-state index < -0.39 is 11.9 Å². The summed E-state index contributed by atoms with van der Waals surface area (Å²) in [5.41, 5.74) is 5.94. The number of nitrogens with two attached hydrogens (primary N) is 1. The van der Waals surface area contributed by atoms with Gasteiger partial charge in [-0.05, 0) is 59.5 Å². The summed E-state index contributed by atoms with van der Waals surface area (Å²) in [6, 6.07) is 3.46. The number of carbonyl (C=O) groups is 1. The summed E-state index contributed by atoms with van der Waals surface area (Å²) in [6.07, 6.45) is 1.86. The first-order valence-electron chi connectivity index (χ1n) is 5.76. The van der Waals surface area contributed by atoms with Crippen LogP contribution in [0.4, 0.5) is 4.39 Å². The van der Waals surface area contributed by atoms with E-state index in [9.17, 15) is 9.18 Å². The van der Waals surface area contributed by atoms with E-state index in [0.717, 1.165) is 12.8 Å². The lowest BCUT2D eigenvalue weighted by atomic mass is 10.1. The molecule has 2 rings (SSSR count). The van der Waals surface area contributed by atoms with Gasteiger partial charge >= 0.3 is 0 Å². The topological polar surface area (TPSA) is 87.7 Å². The molecule has 1 fully saturated rings. The molecule has 0 aromatic heterocycles. The van der Waals surface area contributed by atoms with E-state index in [4.69, 9.17) is 10.9 Å². The van der Waals surface area contributed by atoms with Crippen LogP contribution in [0.5, 0.6) is 0 Å². The van der Waals surface area contributed by atoms with Crippen LogP contribution in [0.2, 0.25) is 0 Å². The maximum atomic E-state index is 13.0. The highest BCUT2D eigenvalue weighted by Gasteiger charge is 2.35. The van der Waals surface area contributed by atoms with E-state index in [-0.39, 0.29) is 17.7 Å². The largest absolute Gasteiger partial charge is 0.409 e. The van der Waals surface area contributed by atoms with Gasteiger partial charge in [0.1, 0.15) is 5.82 Å². The molecule has 1 saturated carbocycles. The van der Waals surface area contributed by atoms with Gasteiger partial charge in [0.2, 0.25) is 0 Å². The summed E-state index contributed by atoms with van der Waals surface area (Å²) in [5, 5.41) is 14.4. The van der Waals surface area contributed by atoms with E-state index in [1.807, 2.05) is 22.6 Å². The van der Waals surface area contributed by atoms with Gasteiger partial charge in [-0.1, -0.05) is 5.16 Å². The molecule has 1 aliphatic carbocycles. The normalized spacial score (nSPS) is 17.1. The average molecular weight is 377 g/mol. The molecule has 1 aromatic rings. The van der Waals surface area contributed by atoms with Gasteiger partial charge in [0, 0.05) is 3.57 Å². The van der Waals surface area contributed by atoms with Crippen molar-refractivity contribution in [1.82, 2.24) is 5.32 Å². The lowest BCUT2D eigenvalue weighted by Crippen LogP contribution is -2.46. The van der Waals surface area contributed by atoms with Crippen LogP contribution in [0.1, 0.15) is 23.2 Å². The number of halogens is 2. The zero-order chi connectivity index (χ0) is 14.0. The van der Waals surface area contributed by atoms with Crippen LogP contribution in [-0.2, 0) is 0 Å². The fraction of sp³-hybridized carbons (Fsp3) is 0.333. The molecule has 19 heavy (non-hydrogen) atoms. The first-order chi connectivity index (χ1) is 9.02. The van der Waals surface area contributed by atoms with Crippen LogP contribution in [0, 0.1) is 15.3 Å². The van der Waals surface area contributed by atoms with Crippen molar-refractivity contribution < 1.29 is 14.4 Å².